The summed E-state index contributed by atoms with van der Waals surface area (Å²) < 4.78 is 16.0. The molecule has 4 nitrogen and oxygen atoms in total. The lowest BCUT2D eigenvalue weighted by atomic mass is 9.93. The quantitative estimate of drug-likeness (QED) is 0.225. The molecule has 0 saturated heterocycles. The van der Waals surface area contributed by atoms with Crippen LogP contribution in [0.15, 0.2) is 83.3 Å². The van der Waals surface area contributed by atoms with Gasteiger partial charge in [0.1, 0.15) is 16.8 Å². The Balaban J connectivity index is 1.64. The number of hydrogen-bond donors (Lipinski definition) is 1. The van der Waals surface area contributed by atoms with Crippen molar-refractivity contribution in [1.82, 2.24) is 8.75 Å². The Morgan fingerprint density at radius 3 is 2.03 bits per heavy atom. The third-order valence-electron chi connectivity index (χ3n) is 5.95. The van der Waals surface area contributed by atoms with E-state index < -0.39 is 0 Å². The molecule has 34 heavy (non-hydrogen) atoms. The zero-order valence-electron chi connectivity index (χ0n) is 19.0. The van der Waals surface area contributed by atoms with E-state index in [1.165, 1.54) is 11.7 Å². The van der Waals surface area contributed by atoms with E-state index in [9.17, 15) is 0 Å². The summed E-state index contributed by atoms with van der Waals surface area (Å²) in [6.45, 7) is 4.21. The summed E-state index contributed by atoms with van der Waals surface area (Å²) in [5.41, 5.74) is 15.1. The van der Waals surface area contributed by atoms with E-state index in [1.807, 2.05) is 30.3 Å². The van der Waals surface area contributed by atoms with Crippen molar-refractivity contribution in [2.75, 3.05) is 5.73 Å². The Hall–Kier alpha value is -3.22. The van der Waals surface area contributed by atoms with Crippen LogP contribution in [0.3, 0.4) is 0 Å². The van der Waals surface area contributed by atoms with E-state index in [0.717, 1.165) is 66.7 Å². The molecule has 5 aromatic rings. The molecular weight excluding hydrogens is 506 g/mol. The molecule has 2 N–H and O–H groups in total. The van der Waals surface area contributed by atoms with Crippen LogP contribution < -0.4 is 10.5 Å². The van der Waals surface area contributed by atoms with Crippen LogP contribution in [0, 0.1) is 0 Å². The molecule has 0 spiro atoms. The van der Waals surface area contributed by atoms with Crippen LogP contribution in [0.5, 0.6) is 5.75 Å². The van der Waals surface area contributed by atoms with Crippen LogP contribution in [0.1, 0.15) is 20.3 Å². The fourth-order valence-corrected chi connectivity index (χ4v) is 5.00. The van der Waals surface area contributed by atoms with Gasteiger partial charge in [-0.2, -0.15) is 8.75 Å². The van der Waals surface area contributed by atoms with E-state index in [0.29, 0.717) is 0 Å². The number of fused-ring (bicyclic) bond motifs is 1. The number of ether oxygens (including phenoxy) is 1. The minimum Gasteiger partial charge on any atom is -0.491 e. The van der Waals surface area contributed by atoms with Gasteiger partial charge >= 0.3 is 0 Å². The molecule has 0 amide bonds. The highest BCUT2D eigenvalue weighted by Gasteiger charge is 2.14. The van der Waals surface area contributed by atoms with Crippen molar-refractivity contribution in [3.8, 4) is 39.1 Å². The molecular formula is C28H24BrN3OS. The zero-order valence-corrected chi connectivity index (χ0v) is 21.4. The molecule has 1 heterocycles. The molecule has 5 rings (SSSR count). The standard InChI is InChI=1S/C28H24BrN3OS/c1-3-17(2)33-24-10-6-19(7-11-24)21-14-20(18-4-8-23(30)9-5-18)15-22(16-21)25-12-13-26(29)28-27(25)31-34-32-28/h4-17H,3,30H2,1-2H3. The third-order valence-corrected chi connectivity index (χ3v) is 7.12. The number of aromatic nitrogens is 2. The number of benzene rings is 4. The fraction of sp³-hybridized carbons (Fsp3) is 0.143. The molecule has 0 saturated carbocycles. The van der Waals surface area contributed by atoms with Crippen LogP contribution in [-0.4, -0.2) is 14.9 Å². The summed E-state index contributed by atoms with van der Waals surface area (Å²) >= 11 is 4.83. The lowest BCUT2D eigenvalue weighted by molar-refractivity contribution is 0.217. The molecule has 0 radical (unpaired) electrons. The van der Waals surface area contributed by atoms with Gasteiger partial charge in [-0.15, -0.1) is 0 Å². The van der Waals surface area contributed by atoms with Crippen molar-refractivity contribution < 1.29 is 4.74 Å². The average molecular weight is 530 g/mol. The van der Waals surface area contributed by atoms with Crippen LogP contribution in [0.4, 0.5) is 5.69 Å². The second kappa shape index (κ2) is 9.57. The number of halogens is 1. The van der Waals surface area contributed by atoms with Crippen LogP contribution in [-0.2, 0) is 0 Å². The monoisotopic (exact) mass is 529 g/mol. The summed E-state index contributed by atoms with van der Waals surface area (Å²) in [6.07, 6.45) is 1.17. The van der Waals surface area contributed by atoms with Crippen molar-refractivity contribution >= 4 is 44.4 Å². The Kier molecular flexibility index (Phi) is 6.35. The first-order chi connectivity index (χ1) is 16.5. The Morgan fingerprint density at radius 1 is 0.794 bits per heavy atom. The summed E-state index contributed by atoms with van der Waals surface area (Å²) in [6, 6.07) is 27.1. The second-order valence-electron chi connectivity index (χ2n) is 8.34. The van der Waals surface area contributed by atoms with E-state index in [2.05, 4.69) is 87.1 Å². The summed E-state index contributed by atoms with van der Waals surface area (Å²) in [5, 5.41) is 0. The molecule has 0 fully saturated rings. The van der Waals surface area contributed by atoms with Crippen molar-refractivity contribution in [2.45, 2.75) is 26.4 Å². The largest absolute Gasteiger partial charge is 0.491 e. The van der Waals surface area contributed by atoms with Gasteiger partial charge in [0.25, 0.3) is 0 Å². The van der Waals surface area contributed by atoms with Crippen molar-refractivity contribution in [1.29, 1.82) is 0 Å². The minimum absolute atomic E-state index is 0.192. The van der Waals surface area contributed by atoms with Gasteiger partial charge in [0, 0.05) is 15.7 Å². The Bertz CT molecular complexity index is 1450. The number of nitrogens with two attached hydrogens (primary N) is 1. The van der Waals surface area contributed by atoms with E-state index >= 15 is 0 Å². The third kappa shape index (κ3) is 4.56. The highest BCUT2D eigenvalue weighted by molar-refractivity contribution is 9.10. The summed E-state index contributed by atoms with van der Waals surface area (Å²) in [5.74, 6) is 0.885. The maximum atomic E-state index is 5.97. The molecule has 0 aliphatic heterocycles. The Morgan fingerprint density at radius 2 is 1.38 bits per heavy atom. The molecule has 6 heteroatoms. The van der Waals surface area contributed by atoms with Gasteiger partial charge in [0.05, 0.1) is 17.8 Å². The first-order valence-corrected chi connectivity index (χ1v) is 12.7. The first-order valence-electron chi connectivity index (χ1n) is 11.2. The van der Waals surface area contributed by atoms with Gasteiger partial charge < -0.3 is 10.5 Å². The maximum Gasteiger partial charge on any atom is 0.119 e. The molecule has 0 bridgehead atoms. The molecule has 1 aromatic heterocycles. The maximum absolute atomic E-state index is 5.97. The van der Waals surface area contributed by atoms with Gasteiger partial charge in [-0.25, -0.2) is 0 Å². The molecule has 4 aromatic carbocycles. The lowest BCUT2D eigenvalue weighted by Gasteiger charge is -2.14. The van der Waals surface area contributed by atoms with Crippen molar-refractivity contribution in [3.05, 3.63) is 83.3 Å². The zero-order chi connectivity index (χ0) is 23.7. The van der Waals surface area contributed by atoms with Crippen LogP contribution in [0.25, 0.3) is 44.4 Å². The molecule has 1 unspecified atom stereocenters. The van der Waals surface area contributed by atoms with Gasteiger partial charge in [0.2, 0.25) is 0 Å². The van der Waals surface area contributed by atoms with E-state index in [4.69, 9.17) is 10.5 Å². The van der Waals surface area contributed by atoms with E-state index in [-0.39, 0.29) is 6.10 Å². The first kappa shape index (κ1) is 22.6. The smallest absolute Gasteiger partial charge is 0.119 e. The van der Waals surface area contributed by atoms with Gasteiger partial charge in [0.15, 0.2) is 0 Å². The minimum atomic E-state index is 0.192. The number of nitrogen functional groups attached to an aromatic ring is 1. The summed E-state index contributed by atoms with van der Waals surface area (Å²) in [4.78, 5) is 0. The van der Waals surface area contributed by atoms with Crippen LogP contribution in [0.2, 0.25) is 0 Å². The number of anilines is 1. The number of hydrogen-bond acceptors (Lipinski definition) is 5. The highest BCUT2D eigenvalue weighted by atomic mass is 79.9. The number of nitrogens with zero attached hydrogens (tertiary/aromatic N) is 2. The predicted molar refractivity (Wildman–Crippen MR) is 146 cm³/mol. The molecule has 1 atom stereocenters. The van der Waals surface area contributed by atoms with Gasteiger partial charge in [-0.3, -0.25) is 0 Å². The molecule has 0 aliphatic carbocycles. The number of rotatable bonds is 6. The van der Waals surface area contributed by atoms with Crippen molar-refractivity contribution in [3.63, 3.8) is 0 Å². The van der Waals surface area contributed by atoms with Crippen molar-refractivity contribution in [2.24, 2.45) is 0 Å². The SMILES string of the molecule is CCC(C)Oc1ccc(-c2cc(-c3ccc(N)cc3)cc(-c3ccc(Br)c4nsnc34)c2)cc1. The van der Waals surface area contributed by atoms with E-state index in [1.54, 1.807) is 0 Å². The molecule has 170 valence electrons. The summed E-state index contributed by atoms with van der Waals surface area (Å²) in [7, 11) is 0. The fourth-order valence-electron chi connectivity index (χ4n) is 3.90. The van der Waals surface area contributed by atoms with Gasteiger partial charge in [-0.05, 0) is 106 Å². The second-order valence-corrected chi connectivity index (χ2v) is 9.72. The normalized spacial score (nSPS) is 12.1. The average Bonchev–Trinajstić information content (AvgIpc) is 3.36. The van der Waals surface area contributed by atoms with Gasteiger partial charge in [-0.1, -0.05) is 37.3 Å². The molecule has 0 aliphatic rings. The Labute approximate surface area is 211 Å². The van der Waals surface area contributed by atoms with Crippen LogP contribution >= 0.6 is 27.7 Å². The predicted octanol–water partition coefficient (Wildman–Crippen LogP) is 8.21. The topological polar surface area (TPSA) is 61.0 Å². The highest BCUT2D eigenvalue weighted by Crippen LogP contribution is 2.37. The lowest BCUT2D eigenvalue weighted by Crippen LogP contribution is -2.09.